The molecule has 2 unspecified atom stereocenters. The van der Waals surface area contributed by atoms with E-state index in [0.717, 1.165) is 22.5 Å². The SMILES string of the molecule is CC1(C)c2ccccc2-c2cc(-c3ccccc3)c(Nc3cccc(C4C#CC#CC(c5ccccc5)N4)c3)cc21. The minimum absolute atomic E-state index is 0.0776. The molecular weight excluding hydrogens is 496 g/mol. The molecule has 0 spiro atoms. The van der Waals surface area contributed by atoms with Crippen molar-refractivity contribution >= 4 is 11.4 Å². The van der Waals surface area contributed by atoms with E-state index in [0.29, 0.717) is 0 Å². The molecule has 5 aromatic rings. The van der Waals surface area contributed by atoms with Crippen LogP contribution in [0.4, 0.5) is 11.4 Å². The number of nitrogens with one attached hydrogen (secondary N) is 2. The molecule has 0 bridgehead atoms. The highest BCUT2D eigenvalue weighted by atomic mass is 14.9. The normalized spacial score (nSPS) is 17.6. The van der Waals surface area contributed by atoms with Crippen molar-refractivity contribution in [3.8, 4) is 45.9 Å². The van der Waals surface area contributed by atoms with Crippen molar-refractivity contribution in [3.05, 3.63) is 144 Å². The molecule has 0 aromatic heterocycles. The fourth-order valence-corrected chi connectivity index (χ4v) is 6.13. The highest BCUT2D eigenvalue weighted by molar-refractivity contribution is 5.91. The fourth-order valence-electron chi connectivity index (χ4n) is 6.13. The molecule has 1 heterocycles. The van der Waals surface area contributed by atoms with Crippen molar-refractivity contribution in [2.24, 2.45) is 0 Å². The number of hydrogen-bond donors (Lipinski definition) is 2. The quantitative estimate of drug-likeness (QED) is 0.224. The molecule has 0 fully saturated rings. The van der Waals surface area contributed by atoms with E-state index >= 15 is 0 Å². The molecule has 2 N–H and O–H groups in total. The van der Waals surface area contributed by atoms with E-state index < -0.39 is 0 Å². The lowest BCUT2D eigenvalue weighted by molar-refractivity contribution is 0.590. The topological polar surface area (TPSA) is 24.1 Å². The molecular formula is C39H30N2. The van der Waals surface area contributed by atoms with E-state index in [1.54, 1.807) is 0 Å². The van der Waals surface area contributed by atoms with Crippen molar-refractivity contribution in [2.75, 3.05) is 5.32 Å². The summed E-state index contributed by atoms with van der Waals surface area (Å²) in [6, 6.07) is 42.8. The first-order valence-corrected chi connectivity index (χ1v) is 14.1. The van der Waals surface area contributed by atoms with Crippen molar-refractivity contribution in [1.82, 2.24) is 5.32 Å². The Bertz CT molecular complexity index is 1880. The lowest BCUT2D eigenvalue weighted by Gasteiger charge is -2.24. The van der Waals surface area contributed by atoms with Crippen molar-refractivity contribution in [3.63, 3.8) is 0 Å². The van der Waals surface area contributed by atoms with Gasteiger partial charge in [-0.2, -0.15) is 0 Å². The summed E-state index contributed by atoms with van der Waals surface area (Å²) in [5.41, 5.74) is 12.0. The van der Waals surface area contributed by atoms with E-state index in [1.165, 1.54) is 33.4 Å². The minimum Gasteiger partial charge on any atom is -0.355 e. The van der Waals surface area contributed by atoms with Gasteiger partial charge in [-0.25, -0.2) is 0 Å². The van der Waals surface area contributed by atoms with Crippen molar-refractivity contribution in [2.45, 2.75) is 31.3 Å². The molecule has 0 amide bonds. The van der Waals surface area contributed by atoms with Gasteiger partial charge in [0.2, 0.25) is 0 Å². The average molecular weight is 527 g/mol. The Hall–Kier alpha value is -5.02. The summed E-state index contributed by atoms with van der Waals surface area (Å²) in [4.78, 5) is 0. The monoisotopic (exact) mass is 526 g/mol. The smallest absolute Gasteiger partial charge is 0.0968 e. The van der Waals surface area contributed by atoms with Crippen LogP contribution in [-0.4, -0.2) is 0 Å². The van der Waals surface area contributed by atoms with E-state index in [-0.39, 0.29) is 17.5 Å². The number of hydrogen-bond acceptors (Lipinski definition) is 2. The second-order valence-corrected chi connectivity index (χ2v) is 11.2. The van der Waals surface area contributed by atoms with Gasteiger partial charge in [-0.05, 0) is 75.1 Å². The summed E-state index contributed by atoms with van der Waals surface area (Å²) in [6.45, 7) is 4.65. The summed E-state index contributed by atoms with van der Waals surface area (Å²) in [5, 5.41) is 7.45. The van der Waals surface area contributed by atoms with Gasteiger partial charge in [-0.1, -0.05) is 123 Å². The van der Waals surface area contributed by atoms with Crippen LogP contribution in [0.25, 0.3) is 22.3 Å². The predicted octanol–water partition coefficient (Wildman–Crippen LogP) is 8.80. The molecule has 7 rings (SSSR count). The summed E-state index contributed by atoms with van der Waals surface area (Å²) >= 11 is 0. The Morgan fingerprint density at radius 3 is 2.02 bits per heavy atom. The summed E-state index contributed by atoms with van der Waals surface area (Å²) in [7, 11) is 0. The maximum atomic E-state index is 3.80. The van der Waals surface area contributed by atoms with Crippen LogP contribution in [-0.2, 0) is 5.41 Å². The maximum absolute atomic E-state index is 3.80. The lowest BCUT2D eigenvalue weighted by atomic mass is 9.82. The van der Waals surface area contributed by atoms with Crippen LogP contribution in [0.1, 0.15) is 48.2 Å². The van der Waals surface area contributed by atoms with Crippen molar-refractivity contribution in [1.29, 1.82) is 0 Å². The molecule has 0 saturated carbocycles. The van der Waals surface area contributed by atoms with E-state index in [1.807, 2.05) is 18.2 Å². The van der Waals surface area contributed by atoms with E-state index in [4.69, 9.17) is 0 Å². The second kappa shape index (κ2) is 10.2. The van der Waals surface area contributed by atoms with Gasteiger partial charge >= 0.3 is 0 Å². The van der Waals surface area contributed by atoms with Gasteiger partial charge in [0.15, 0.2) is 0 Å². The van der Waals surface area contributed by atoms with Crippen molar-refractivity contribution < 1.29 is 0 Å². The molecule has 0 radical (unpaired) electrons. The Balaban J connectivity index is 1.27. The Labute approximate surface area is 242 Å². The van der Waals surface area contributed by atoms with Crippen LogP contribution in [0.15, 0.2) is 121 Å². The summed E-state index contributed by atoms with van der Waals surface area (Å²) < 4.78 is 0. The minimum atomic E-state index is -0.147. The van der Waals surface area contributed by atoms with Crippen LogP contribution < -0.4 is 10.6 Å². The number of benzene rings is 5. The third-order valence-electron chi connectivity index (χ3n) is 8.27. The van der Waals surface area contributed by atoms with Gasteiger partial charge in [-0.3, -0.25) is 5.32 Å². The maximum Gasteiger partial charge on any atom is 0.0968 e. The number of rotatable bonds is 5. The first-order chi connectivity index (χ1) is 20.1. The number of anilines is 2. The molecule has 5 aromatic carbocycles. The zero-order valence-electron chi connectivity index (χ0n) is 23.2. The highest BCUT2D eigenvalue weighted by Gasteiger charge is 2.36. The largest absolute Gasteiger partial charge is 0.355 e. The zero-order valence-corrected chi connectivity index (χ0v) is 23.2. The molecule has 2 atom stereocenters. The Kier molecular flexibility index (Phi) is 6.20. The highest BCUT2D eigenvalue weighted by Crippen LogP contribution is 2.51. The van der Waals surface area contributed by atoms with Crippen LogP contribution in [0.3, 0.4) is 0 Å². The second-order valence-electron chi connectivity index (χ2n) is 11.2. The average Bonchev–Trinajstić information content (AvgIpc) is 3.16. The van der Waals surface area contributed by atoms with E-state index in [9.17, 15) is 0 Å². The van der Waals surface area contributed by atoms with Gasteiger partial charge in [0.25, 0.3) is 0 Å². The zero-order chi connectivity index (χ0) is 27.8. The summed E-state index contributed by atoms with van der Waals surface area (Å²) in [6.07, 6.45) is 0. The molecule has 2 heteroatoms. The Morgan fingerprint density at radius 2 is 1.24 bits per heavy atom. The molecule has 196 valence electrons. The first-order valence-electron chi connectivity index (χ1n) is 14.1. The summed E-state index contributed by atoms with van der Waals surface area (Å²) in [5.74, 6) is 12.7. The molecule has 1 aliphatic heterocycles. The Morgan fingerprint density at radius 1 is 0.585 bits per heavy atom. The predicted molar refractivity (Wildman–Crippen MR) is 170 cm³/mol. The molecule has 2 nitrogen and oxygen atoms in total. The van der Waals surface area contributed by atoms with Gasteiger partial charge in [-0.15, -0.1) is 0 Å². The molecule has 1 aliphatic carbocycles. The molecule has 41 heavy (non-hydrogen) atoms. The van der Waals surface area contributed by atoms with E-state index in [2.05, 4.69) is 151 Å². The van der Waals surface area contributed by atoms with Crippen LogP contribution >= 0.6 is 0 Å². The van der Waals surface area contributed by atoms with Crippen LogP contribution in [0.2, 0.25) is 0 Å². The van der Waals surface area contributed by atoms with Gasteiger partial charge in [0.1, 0.15) is 0 Å². The molecule has 0 saturated heterocycles. The first kappa shape index (κ1) is 25.0. The van der Waals surface area contributed by atoms with Crippen LogP contribution in [0.5, 0.6) is 0 Å². The van der Waals surface area contributed by atoms with Gasteiger partial charge in [0, 0.05) is 22.4 Å². The standard InChI is InChI=1S/C39H30N2/c1-39(2)34-21-10-9-20-31(34)33-25-32(27-14-5-3-6-15-27)38(26-35(33)39)40-30-19-13-18-29(24-30)37-23-12-11-22-36(41-37)28-16-7-4-8-17-28/h3-10,13-21,24-26,36-37,40-41H,1-2H3. The van der Waals surface area contributed by atoms with Gasteiger partial charge < -0.3 is 5.32 Å². The molecule has 2 aliphatic rings. The number of fused-ring (bicyclic) bond motifs is 3. The van der Waals surface area contributed by atoms with Gasteiger partial charge in [0.05, 0.1) is 12.1 Å². The fraction of sp³-hybridized carbons (Fsp3) is 0.128. The van der Waals surface area contributed by atoms with Crippen LogP contribution in [0, 0.1) is 23.7 Å². The third-order valence-corrected chi connectivity index (χ3v) is 8.27. The third kappa shape index (κ3) is 4.60. The lowest BCUT2D eigenvalue weighted by Crippen LogP contribution is -2.24.